The molecule has 5 nitrogen and oxygen atoms in total. The Morgan fingerprint density at radius 1 is 1.04 bits per heavy atom. The number of aromatic nitrogens is 2. The summed E-state index contributed by atoms with van der Waals surface area (Å²) in [4.78, 5) is 26.3. The van der Waals surface area contributed by atoms with Crippen molar-refractivity contribution in [2.24, 2.45) is 0 Å². The monoisotopic (exact) mass is 368 g/mol. The third kappa shape index (κ3) is 5.78. The molecule has 146 valence electrons. The van der Waals surface area contributed by atoms with Crippen LogP contribution in [-0.2, 0) is 6.54 Å². The first-order valence-corrected chi connectivity index (χ1v) is 9.91. The summed E-state index contributed by atoms with van der Waals surface area (Å²) in [7, 11) is 0. The molecule has 1 aromatic heterocycles. The molecule has 1 heterocycles. The Balaban J connectivity index is 2.34. The summed E-state index contributed by atoms with van der Waals surface area (Å²) in [6.07, 6.45) is 1.88. The lowest BCUT2D eigenvalue weighted by molar-refractivity contribution is 0.0749. The third-order valence-electron chi connectivity index (χ3n) is 4.41. The van der Waals surface area contributed by atoms with E-state index in [0.29, 0.717) is 18.2 Å². The summed E-state index contributed by atoms with van der Waals surface area (Å²) in [5.74, 6) is 0.610. The van der Waals surface area contributed by atoms with Gasteiger partial charge in [0.2, 0.25) is 5.95 Å². The van der Waals surface area contributed by atoms with E-state index in [1.54, 1.807) is 6.07 Å². The molecule has 0 spiro atoms. The standard InChI is InChI=1S/C22H32N4O/c1-6-13-25(14-7-2)21(27)20-15-18(5)23-22(24-20)26(17(3)4)16-19-11-9-8-10-12-19/h8-12,15,17H,6-7,13-14,16H2,1-5H3. The van der Waals surface area contributed by atoms with Crippen molar-refractivity contribution >= 4 is 11.9 Å². The van der Waals surface area contributed by atoms with Gasteiger partial charge in [-0.15, -0.1) is 0 Å². The second-order valence-corrected chi connectivity index (χ2v) is 7.19. The van der Waals surface area contributed by atoms with E-state index in [-0.39, 0.29) is 11.9 Å². The molecule has 1 aromatic carbocycles. The minimum Gasteiger partial charge on any atom is -0.337 e. The summed E-state index contributed by atoms with van der Waals surface area (Å²) in [6, 6.07) is 12.3. The molecule has 0 radical (unpaired) electrons. The van der Waals surface area contributed by atoms with Crippen molar-refractivity contribution in [3.8, 4) is 0 Å². The van der Waals surface area contributed by atoms with Crippen LogP contribution >= 0.6 is 0 Å². The molecule has 0 saturated heterocycles. The number of nitrogens with zero attached hydrogens (tertiary/aromatic N) is 4. The lowest BCUT2D eigenvalue weighted by Crippen LogP contribution is -2.35. The molecule has 1 amide bonds. The normalized spacial score (nSPS) is 10.9. The largest absolute Gasteiger partial charge is 0.337 e. The van der Waals surface area contributed by atoms with Gasteiger partial charge in [-0.25, -0.2) is 9.97 Å². The topological polar surface area (TPSA) is 49.3 Å². The number of carbonyl (C=O) groups is 1. The Hall–Kier alpha value is -2.43. The quantitative estimate of drug-likeness (QED) is 0.655. The van der Waals surface area contributed by atoms with Crippen molar-refractivity contribution in [2.75, 3.05) is 18.0 Å². The van der Waals surface area contributed by atoms with E-state index in [1.807, 2.05) is 30.0 Å². The molecule has 0 unspecified atom stereocenters. The van der Waals surface area contributed by atoms with Gasteiger partial charge in [0.1, 0.15) is 5.69 Å². The van der Waals surface area contributed by atoms with E-state index >= 15 is 0 Å². The average molecular weight is 369 g/mol. The highest BCUT2D eigenvalue weighted by Crippen LogP contribution is 2.18. The minimum absolute atomic E-state index is 0.00568. The summed E-state index contributed by atoms with van der Waals surface area (Å²) in [5.41, 5.74) is 2.50. The zero-order chi connectivity index (χ0) is 19.8. The zero-order valence-electron chi connectivity index (χ0n) is 17.3. The van der Waals surface area contributed by atoms with Crippen molar-refractivity contribution < 1.29 is 4.79 Å². The highest BCUT2D eigenvalue weighted by Gasteiger charge is 2.20. The highest BCUT2D eigenvalue weighted by molar-refractivity contribution is 5.92. The molecule has 27 heavy (non-hydrogen) atoms. The van der Waals surface area contributed by atoms with Gasteiger partial charge in [-0.3, -0.25) is 4.79 Å². The summed E-state index contributed by atoms with van der Waals surface area (Å²) in [5, 5.41) is 0. The van der Waals surface area contributed by atoms with Crippen LogP contribution in [0, 0.1) is 6.92 Å². The molecule has 0 bridgehead atoms. The van der Waals surface area contributed by atoms with Gasteiger partial charge in [0.15, 0.2) is 0 Å². The fourth-order valence-electron chi connectivity index (χ4n) is 3.07. The molecule has 0 saturated carbocycles. The van der Waals surface area contributed by atoms with Crippen LogP contribution in [-0.4, -0.2) is 39.9 Å². The van der Waals surface area contributed by atoms with Crippen LogP contribution in [0.1, 0.15) is 62.3 Å². The molecule has 0 atom stereocenters. The molecular formula is C22H32N4O. The van der Waals surface area contributed by atoms with Crippen molar-refractivity contribution in [3.63, 3.8) is 0 Å². The Kier molecular flexibility index (Phi) is 7.77. The van der Waals surface area contributed by atoms with E-state index in [9.17, 15) is 4.79 Å². The van der Waals surface area contributed by atoms with Crippen LogP contribution in [0.25, 0.3) is 0 Å². The predicted molar refractivity (Wildman–Crippen MR) is 111 cm³/mol. The highest BCUT2D eigenvalue weighted by atomic mass is 16.2. The number of hydrogen-bond acceptors (Lipinski definition) is 4. The van der Waals surface area contributed by atoms with Crippen LogP contribution < -0.4 is 4.90 Å². The van der Waals surface area contributed by atoms with E-state index in [4.69, 9.17) is 0 Å². The van der Waals surface area contributed by atoms with Gasteiger partial charge in [0.05, 0.1) is 0 Å². The minimum atomic E-state index is -0.00568. The van der Waals surface area contributed by atoms with Crippen LogP contribution in [0.4, 0.5) is 5.95 Å². The van der Waals surface area contributed by atoms with Crippen molar-refractivity contribution in [3.05, 3.63) is 53.3 Å². The third-order valence-corrected chi connectivity index (χ3v) is 4.41. The fourth-order valence-corrected chi connectivity index (χ4v) is 3.07. The Bertz CT molecular complexity index is 724. The molecule has 2 rings (SSSR count). The van der Waals surface area contributed by atoms with Crippen LogP contribution in [0.2, 0.25) is 0 Å². The Morgan fingerprint density at radius 3 is 2.22 bits per heavy atom. The van der Waals surface area contributed by atoms with Gasteiger partial charge in [0, 0.05) is 31.4 Å². The maximum atomic E-state index is 13.0. The first-order valence-electron chi connectivity index (χ1n) is 9.91. The second kappa shape index (κ2) is 10.0. The van der Waals surface area contributed by atoms with Gasteiger partial charge in [-0.05, 0) is 45.2 Å². The zero-order valence-corrected chi connectivity index (χ0v) is 17.3. The summed E-state index contributed by atoms with van der Waals surface area (Å²) >= 11 is 0. The van der Waals surface area contributed by atoms with Gasteiger partial charge in [-0.1, -0.05) is 44.2 Å². The van der Waals surface area contributed by atoms with Gasteiger partial charge < -0.3 is 9.80 Å². The molecule has 0 aliphatic heterocycles. The molecule has 0 aliphatic rings. The maximum Gasteiger partial charge on any atom is 0.272 e. The average Bonchev–Trinajstić information content (AvgIpc) is 2.65. The number of anilines is 1. The first-order chi connectivity index (χ1) is 13.0. The number of amides is 1. The lowest BCUT2D eigenvalue weighted by atomic mass is 10.2. The van der Waals surface area contributed by atoms with Crippen LogP contribution in [0.5, 0.6) is 0 Å². The Labute approximate surface area is 163 Å². The smallest absolute Gasteiger partial charge is 0.272 e. The van der Waals surface area contributed by atoms with E-state index in [2.05, 4.69) is 54.7 Å². The number of benzene rings is 1. The summed E-state index contributed by atoms with van der Waals surface area (Å²) < 4.78 is 0. The molecule has 0 N–H and O–H groups in total. The van der Waals surface area contributed by atoms with Crippen molar-refractivity contribution in [2.45, 2.75) is 60.0 Å². The van der Waals surface area contributed by atoms with E-state index < -0.39 is 0 Å². The molecule has 5 heteroatoms. The predicted octanol–water partition coefficient (Wildman–Crippen LogP) is 4.46. The molecule has 2 aromatic rings. The lowest BCUT2D eigenvalue weighted by Gasteiger charge is -2.28. The first kappa shape index (κ1) is 20.9. The van der Waals surface area contributed by atoms with E-state index in [1.165, 1.54) is 5.56 Å². The van der Waals surface area contributed by atoms with Crippen molar-refractivity contribution in [1.82, 2.24) is 14.9 Å². The number of aryl methyl sites for hydroxylation is 1. The summed E-state index contributed by atoms with van der Waals surface area (Å²) in [6.45, 7) is 12.6. The number of carbonyl (C=O) groups excluding carboxylic acids is 1. The van der Waals surface area contributed by atoms with Gasteiger partial charge >= 0.3 is 0 Å². The van der Waals surface area contributed by atoms with Crippen molar-refractivity contribution in [1.29, 1.82) is 0 Å². The molecule has 0 fully saturated rings. The number of rotatable bonds is 9. The Morgan fingerprint density at radius 2 is 1.67 bits per heavy atom. The maximum absolute atomic E-state index is 13.0. The van der Waals surface area contributed by atoms with Crippen LogP contribution in [0.15, 0.2) is 36.4 Å². The second-order valence-electron chi connectivity index (χ2n) is 7.19. The number of hydrogen-bond donors (Lipinski definition) is 0. The fraction of sp³-hybridized carbons (Fsp3) is 0.500. The SMILES string of the molecule is CCCN(CCC)C(=O)c1cc(C)nc(N(Cc2ccccc2)C(C)C)n1. The van der Waals surface area contributed by atoms with Gasteiger partial charge in [-0.2, -0.15) is 0 Å². The molecule has 0 aliphatic carbocycles. The van der Waals surface area contributed by atoms with Crippen LogP contribution in [0.3, 0.4) is 0 Å². The van der Waals surface area contributed by atoms with Gasteiger partial charge in [0.25, 0.3) is 5.91 Å². The molecular weight excluding hydrogens is 336 g/mol. The van der Waals surface area contributed by atoms with E-state index in [0.717, 1.165) is 31.6 Å².